The van der Waals surface area contributed by atoms with Gasteiger partial charge >= 0.3 is 0 Å². The third-order valence-corrected chi connectivity index (χ3v) is 1.22. The Hall–Kier alpha value is -0.715. The minimum Gasteiger partial charge on any atom is -0.0871 e. The van der Waals surface area contributed by atoms with Gasteiger partial charge in [-0.15, -0.1) is 0 Å². The zero-order valence-electron chi connectivity index (χ0n) is 3.89. The van der Waals surface area contributed by atoms with Gasteiger partial charge < -0.3 is 0 Å². The Morgan fingerprint density at radius 1 is 1.00 bits per heavy atom. The Morgan fingerprint density at radius 3 is 2.00 bits per heavy atom. The van der Waals surface area contributed by atoms with E-state index in [1.165, 1.54) is 10.9 Å². The summed E-state index contributed by atoms with van der Waals surface area (Å²) in [4.78, 5) is 0. The molecule has 2 rings (SSSR count). The molecule has 0 atom stereocenters. The van der Waals surface area contributed by atoms with Crippen molar-refractivity contribution in [2.75, 3.05) is 0 Å². The van der Waals surface area contributed by atoms with Crippen molar-refractivity contribution >= 4 is 18.2 Å². The molecule has 1 aromatic carbocycles. The molecular formula is C6H4B. The lowest BCUT2D eigenvalue weighted by Gasteiger charge is -1.70. The average Bonchev–Trinajstić information content (AvgIpc) is 2.41. The van der Waals surface area contributed by atoms with E-state index >= 15 is 0 Å². The fourth-order valence-electron chi connectivity index (χ4n) is 0.739. The highest BCUT2D eigenvalue weighted by molar-refractivity contribution is 6.86. The molecule has 1 aliphatic heterocycles. The monoisotopic (exact) mass is 87.0 g/mol. The van der Waals surface area contributed by atoms with Gasteiger partial charge in [0.15, 0.2) is 7.28 Å². The molecule has 1 heterocycles. The summed E-state index contributed by atoms with van der Waals surface area (Å²) in [5.41, 5.74) is 2.81. The first kappa shape index (κ1) is 3.31. The number of rotatable bonds is 0. The number of hydrogen-bond acceptors (Lipinski definition) is 0. The van der Waals surface area contributed by atoms with Crippen molar-refractivity contribution in [1.29, 1.82) is 0 Å². The van der Waals surface area contributed by atoms with Gasteiger partial charge in [-0.05, 0) is 0 Å². The zero-order valence-corrected chi connectivity index (χ0v) is 3.89. The van der Waals surface area contributed by atoms with Crippen molar-refractivity contribution in [3.8, 4) is 0 Å². The van der Waals surface area contributed by atoms with Crippen LogP contribution in [-0.4, -0.2) is 7.28 Å². The summed E-state index contributed by atoms with van der Waals surface area (Å²) in [6.45, 7) is 0. The second-order valence-electron chi connectivity index (χ2n) is 1.77. The van der Waals surface area contributed by atoms with Crippen LogP contribution < -0.4 is 10.9 Å². The zero-order chi connectivity index (χ0) is 4.69. The largest absolute Gasteiger partial charge is 0.189 e. The van der Waals surface area contributed by atoms with Crippen LogP contribution in [0, 0.1) is 0 Å². The first-order valence-electron chi connectivity index (χ1n) is 2.40. The van der Waals surface area contributed by atoms with Gasteiger partial charge in [-0.1, -0.05) is 35.2 Å². The molecule has 7 heavy (non-hydrogen) atoms. The molecule has 0 aliphatic carbocycles. The number of benzene rings is 1. The van der Waals surface area contributed by atoms with Crippen LogP contribution in [0.4, 0.5) is 0 Å². The van der Waals surface area contributed by atoms with Gasteiger partial charge in [-0.3, -0.25) is 0 Å². The third kappa shape index (κ3) is 0.378. The first-order chi connectivity index (χ1) is 3.47. The normalized spacial score (nSPS) is 12.0. The SMILES string of the molecule is [B]1c2ccccc21. The summed E-state index contributed by atoms with van der Waals surface area (Å²) < 4.78 is 0. The Morgan fingerprint density at radius 2 is 1.57 bits per heavy atom. The molecule has 1 aliphatic rings. The van der Waals surface area contributed by atoms with E-state index in [0.717, 1.165) is 0 Å². The van der Waals surface area contributed by atoms with E-state index in [9.17, 15) is 0 Å². The highest BCUT2D eigenvalue weighted by Crippen LogP contribution is 1.87. The van der Waals surface area contributed by atoms with E-state index in [1.807, 2.05) is 0 Å². The molecule has 0 nitrogen and oxygen atoms in total. The summed E-state index contributed by atoms with van der Waals surface area (Å²) >= 11 is 0. The van der Waals surface area contributed by atoms with Crippen LogP contribution in [0.1, 0.15) is 0 Å². The Labute approximate surface area is 43.4 Å². The van der Waals surface area contributed by atoms with Gasteiger partial charge in [0, 0.05) is 0 Å². The molecule has 0 spiro atoms. The van der Waals surface area contributed by atoms with Crippen LogP contribution in [0.5, 0.6) is 0 Å². The Kier molecular flexibility index (Phi) is 0.433. The maximum Gasteiger partial charge on any atom is 0.189 e. The molecule has 0 bridgehead atoms. The summed E-state index contributed by atoms with van der Waals surface area (Å²) in [5.74, 6) is 0. The van der Waals surface area contributed by atoms with Crippen LogP contribution in [0.25, 0.3) is 0 Å². The fraction of sp³-hybridized carbons (Fsp3) is 0. The van der Waals surface area contributed by atoms with Crippen LogP contribution in [0.15, 0.2) is 24.3 Å². The van der Waals surface area contributed by atoms with Crippen molar-refractivity contribution < 1.29 is 0 Å². The summed E-state index contributed by atoms with van der Waals surface area (Å²) in [5, 5.41) is 0. The van der Waals surface area contributed by atoms with Gasteiger partial charge in [0.2, 0.25) is 0 Å². The molecule has 1 radical (unpaired) electrons. The predicted octanol–water partition coefficient (Wildman–Crippen LogP) is -0.345. The minimum absolute atomic E-state index is 1.41. The second kappa shape index (κ2) is 0.917. The van der Waals surface area contributed by atoms with E-state index < -0.39 is 0 Å². The van der Waals surface area contributed by atoms with Crippen molar-refractivity contribution in [2.45, 2.75) is 0 Å². The fourth-order valence-corrected chi connectivity index (χ4v) is 0.739. The third-order valence-electron chi connectivity index (χ3n) is 1.22. The highest BCUT2D eigenvalue weighted by Gasteiger charge is 2.14. The summed E-state index contributed by atoms with van der Waals surface area (Å²) in [6, 6.07) is 8.36. The smallest absolute Gasteiger partial charge is 0.0871 e. The van der Waals surface area contributed by atoms with E-state index in [-0.39, 0.29) is 0 Å². The van der Waals surface area contributed by atoms with Crippen molar-refractivity contribution in [3.05, 3.63) is 24.3 Å². The molecular weight excluding hydrogens is 82.9 g/mol. The lowest BCUT2D eigenvalue weighted by atomic mass is 10.00. The maximum atomic E-state index is 2.17. The van der Waals surface area contributed by atoms with E-state index in [4.69, 9.17) is 0 Å². The molecule has 0 aromatic heterocycles. The van der Waals surface area contributed by atoms with Crippen LogP contribution in [0.3, 0.4) is 0 Å². The predicted molar refractivity (Wildman–Crippen MR) is 31.5 cm³/mol. The van der Waals surface area contributed by atoms with Gasteiger partial charge in [0.1, 0.15) is 0 Å². The molecule has 0 fully saturated rings. The maximum absolute atomic E-state index is 2.17. The Bertz CT molecular complexity index is 172. The van der Waals surface area contributed by atoms with E-state index in [1.54, 1.807) is 0 Å². The molecule has 0 unspecified atom stereocenters. The highest BCUT2D eigenvalue weighted by atomic mass is 14.0. The van der Waals surface area contributed by atoms with Gasteiger partial charge in [-0.25, -0.2) is 0 Å². The van der Waals surface area contributed by atoms with E-state index in [0.29, 0.717) is 0 Å². The van der Waals surface area contributed by atoms with Gasteiger partial charge in [0.05, 0.1) is 0 Å². The summed E-state index contributed by atoms with van der Waals surface area (Å²) in [6.07, 6.45) is 0. The Balaban J connectivity index is 2.73. The number of fused-ring (bicyclic) bond motifs is 1. The van der Waals surface area contributed by atoms with Crippen LogP contribution in [-0.2, 0) is 0 Å². The molecule has 0 saturated heterocycles. The molecule has 1 aromatic rings. The molecule has 0 N–H and O–H groups in total. The quantitative estimate of drug-likeness (QED) is 0.385. The van der Waals surface area contributed by atoms with Crippen molar-refractivity contribution in [1.82, 2.24) is 0 Å². The van der Waals surface area contributed by atoms with Crippen LogP contribution >= 0.6 is 0 Å². The van der Waals surface area contributed by atoms with E-state index in [2.05, 4.69) is 31.5 Å². The van der Waals surface area contributed by atoms with Gasteiger partial charge in [0.25, 0.3) is 0 Å². The van der Waals surface area contributed by atoms with Crippen molar-refractivity contribution in [2.24, 2.45) is 0 Å². The number of hydrogen-bond donors (Lipinski definition) is 0. The topological polar surface area (TPSA) is 0 Å². The van der Waals surface area contributed by atoms with Gasteiger partial charge in [-0.2, -0.15) is 0 Å². The molecule has 0 amide bonds. The average molecular weight is 86.9 g/mol. The van der Waals surface area contributed by atoms with Crippen molar-refractivity contribution in [3.63, 3.8) is 0 Å². The minimum atomic E-state index is 1.41. The lowest BCUT2D eigenvalue weighted by molar-refractivity contribution is 1.87. The first-order valence-corrected chi connectivity index (χ1v) is 2.40. The molecule has 1 heteroatoms. The summed E-state index contributed by atoms with van der Waals surface area (Å²) in [7, 11) is 2.17. The molecule has 31 valence electrons. The van der Waals surface area contributed by atoms with Crippen LogP contribution in [0.2, 0.25) is 0 Å². The molecule has 0 saturated carbocycles. The lowest BCUT2D eigenvalue weighted by Crippen LogP contribution is -1.83. The standard InChI is InChI=1S/C6H4B/c1-2-4-6-5(3-1)7-6/h1-4H. The second-order valence-corrected chi connectivity index (χ2v) is 1.77.